The Labute approximate surface area is 145 Å². The van der Waals surface area contributed by atoms with Gasteiger partial charge in [-0.1, -0.05) is 29.0 Å². The number of carbonyl (C=O) groups excluding carboxylic acids is 1. The summed E-state index contributed by atoms with van der Waals surface area (Å²) < 4.78 is 9.60. The Kier molecular flexibility index (Phi) is 4.59. The zero-order valence-corrected chi connectivity index (χ0v) is 14.1. The van der Waals surface area contributed by atoms with Crippen LogP contribution in [0.4, 0.5) is 5.69 Å². The minimum absolute atomic E-state index is 0.0689. The number of ether oxygens (including phenoxy) is 1. The summed E-state index contributed by atoms with van der Waals surface area (Å²) in [5, 5.41) is 13.9. The first-order valence-corrected chi connectivity index (χ1v) is 8.51. The average Bonchev–Trinajstić information content (AvgIpc) is 3.19. The lowest BCUT2D eigenvalue weighted by atomic mass is 10.1. The Morgan fingerprint density at radius 2 is 1.96 bits per heavy atom. The van der Waals surface area contributed by atoms with Gasteiger partial charge < -0.3 is 15.2 Å². The van der Waals surface area contributed by atoms with Crippen molar-refractivity contribution in [2.45, 2.75) is 6.92 Å². The summed E-state index contributed by atoms with van der Waals surface area (Å²) in [5.41, 5.74) is 1.82. The van der Waals surface area contributed by atoms with E-state index in [4.69, 9.17) is 9.84 Å². The van der Waals surface area contributed by atoms with Crippen LogP contribution in [0.25, 0.3) is 0 Å². The minimum Gasteiger partial charge on any atom is -0.477 e. The van der Waals surface area contributed by atoms with Crippen molar-refractivity contribution in [2.75, 3.05) is 5.32 Å². The number of rotatable bonds is 5. The minimum atomic E-state index is -1.08. The molecule has 3 rings (SSSR count). The maximum Gasteiger partial charge on any atom is 0.346 e. The van der Waals surface area contributed by atoms with Crippen LogP contribution in [0.1, 0.15) is 25.6 Å². The number of benzene rings is 1. The highest BCUT2D eigenvalue weighted by Crippen LogP contribution is 2.38. The number of nitrogens with zero attached hydrogens (tertiary/aromatic N) is 1. The molecule has 0 atom stereocenters. The number of hydrogen-bond donors (Lipinski definition) is 2. The average molecular weight is 360 g/mol. The fourth-order valence-corrected chi connectivity index (χ4v) is 3.14. The van der Waals surface area contributed by atoms with Crippen molar-refractivity contribution < 1.29 is 19.4 Å². The van der Waals surface area contributed by atoms with E-state index in [1.54, 1.807) is 23.6 Å². The second kappa shape index (κ2) is 6.81. The summed E-state index contributed by atoms with van der Waals surface area (Å²) in [6, 6.07) is 10.1. The van der Waals surface area contributed by atoms with Crippen molar-refractivity contribution in [3.05, 3.63) is 57.8 Å². The summed E-state index contributed by atoms with van der Waals surface area (Å²) in [4.78, 5) is 23.6. The molecule has 0 saturated carbocycles. The molecule has 0 fully saturated rings. The number of aromatic carboxylic acids is 1. The Hall–Kier alpha value is -2.71. The summed E-state index contributed by atoms with van der Waals surface area (Å²) in [7, 11) is 0. The Morgan fingerprint density at radius 3 is 2.58 bits per heavy atom. The second-order valence-corrected chi connectivity index (χ2v) is 6.56. The molecule has 2 N–H and O–H groups in total. The molecule has 0 saturated heterocycles. The van der Waals surface area contributed by atoms with Gasteiger partial charge in [-0.2, -0.15) is 4.37 Å². The van der Waals surface area contributed by atoms with Crippen molar-refractivity contribution in [2.24, 2.45) is 0 Å². The number of aryl methyl sites for hydroxylation is 1. The first kappa shape index (κ1) is 16.2. The Bertz CT molecular complexity index is 870. The standard InChI is InChI=1S/C16H12N2O4S2/c1-9-2-4-10(5-3-9)14(19)17-11-8-12(15(20)21)24-16(11)22-13-6-7-23-18-13/h2-8H,1H3,(H,17,19)(H,20,21). The number of carboxylic acid groups (broad SMARTS) is 1. The molecule has 2 heterocycles. The number of nitrogens with one attached hydrogen (secondary N) is 1. The van der Waals surface area contributed by atoms with Crippen molar-refractivity contribution in [1.82, 2.24) is 4.37 Å². The molecular formula is C16H12N2O4S2. The van der Waals surface area contributed by atoms with Crippen molar-refractivity contribution in [3.8, 4) is 10.9 Å². The van der Waals surface area contributed by atoms with Gasteiger partial charge >= 0.3 is 5.97 Å². The van der Waals surface area contributed by atoms with Crippen molar-refractivity contribution in [1.29, 1.82) is 0 Å². The van der Waals surface area contributed by atoms with Gasteiger partial charge in [0.25, 0.3) is 5.91 Å². The van der Waals surface area contributed by atoms with Crippen LogP contribution in [0.3, 0.4) is 0 Å². The zero-order valence-electron chi connectivity index (χ0n) is 12.5. The molecule has 0 radical (unpaired) electrons. The monoisotopic (exact) mass is 360 g/mol. The molecule has 0 aliphatic heterocycles. The maximum absolute atomic E-state index is 12.3. The van der Waals surface area contributed by atoms with Crippen LogP contribution >= 0.6 is 22.9 Å². The van der Waals surface area contributed by atoms with Gasteiger partial charge in [-0.25, -0.2) is 4.79 Å². The van der Waals surface area contributed by atoms with E-state index < -0.39 is 5.97 Å². The van der Waals surface area contributed by atoms with Gasteiger partial charge in [-0.15, -0.1) is 0 Å². The van der Waals surface area contributed by atoms with Crippen molar-refractivity contribution >= 4 is 40.4 Å². The first-order chi connectivity index (χ1) is 11.5. The second-order valence-electron chi connectivity index (χ2n) is 4.88. The van der Waals surface area contributed by atoms with Crippen LogP contribution in [0.5, 0.6) is 10.9 Å². The molecule has 0 spiro atoms. The summed E-state index contributed by atoms with van der Waals surface area (Å²) in [6.45, 7) is 1.93. The molecule has 1 amide bonds. The predicted molar refractivity (Wildman–Crippen MR) is 92.6 cm³/mol. The van der Waals surface area contributed by atoms with Gasteiger partial charge in [0, 0.05) is 17.0 Å². The number of aromatic nitrogens is 1. The molecule has 3 aromatic rings. The van der Waals surface area contributed by atoms with Gasteiger partial charge in [0.2, 0.25) is 10.9 Å². The van der Waals surface area contributed by atoms with Gasteiger partial charge in [0.15, 0.2) is 0 Å². The highest BCUT2D eigenvalue weighted by atomic mass is 32.1. The van der Waals surface area contributed by atoms with Gasteiger partial charge in [0.05, 0.1) is 5.69 Å². The van der Waals surface area contributed by atoms with E-state index in [1.807, 2.05) is 19.1 Å². The molecule has 0 aliphatic rings. The van der Waals surface area contributed by atoms with Gasteiger partial charge in [-0.3, -0.25) is 4.79 Å². The maximum atomic E-state index is 12.3. The molecule has 2 aromatic heterocycles. The van der Waals surface area contributed by atoms with Gasteiger partial charge in [0.1, 0.15) is 4.88 Å². The SMILES string of the molecule is Cc1ccc(C(=O)Nc2cc(C(=O)O)sc2Oc2ccsn2)cc1. The van der Waals surface area contributed by atoms with Crippen LogP contribution in [0.15, 0.2) is 41.8 Å². The summed E-state index contributed by atoms with van der Waals surface area (Å²) in [6.07, 6.45) is 0. The van der Waals surface area contributed by atoms with Crippen LogP contribution in [-0.2, 0) is 0 Å². The van der Waals surface area contributed by atoms with E-state index in [0.29, 0.717) is 17.1 Å². The molecule has 24 heavy (non-hydrogen) atoms. The number of amides is 1. The van der Waals surface area contributed by atoms with Gasteiger partial charge in [-0.05, 0) is 36.7 Å². The molecule has 122 valence electrons. The molecule has 6 nitrogen and oxygen atoms in total. The molecule has 8 heteroatoms. The Morgan fingerprint density at radius 1 is 1.21 bits per heavy atom. The number of carbonyl (C=O) groups is 2. The quantitative estimate of drug-likeness (QED) is 0.710. The van der Waals surface area contributed by atoms with Crippen LogP contribution in [0, 0.1) is 6.92 Å². The molecule has 0 aliphatic carbocycles. The lowest BCUT2D eigenvalue weighted by Gasteiger charge is -2.06. The van der Waals surface area contributed by atoms with Crippen LogP contribution in [-0.4, -0.2) is 21.4 Å². The predicted octanol–water partition coefficient (Wildman–Crippen LogP) is 4.26. The van der Waals surface area contributed by atoms with Crippen LogP contribution in [0.2, 0.25) is 0 Å². The first-order valence-electron chi connectivity index (χ1n) is 6.86. The third kappa shape index (κ3) is 3.61. The largest absolute Gasteiger partial charge is 0.477 e. The number of anilines is 1. The Balaban J connectivity index is 1.86. The summed E-state index contributed by atoms with van der Waals surface area (Å²) in [5.74, 6) is -1.07. The fourth-order valence-electron chi connectivity index (χ4n) is 1.89. The molecule has 0 bridgehead atoms. The third-order valence-corrected chi connectivity index (χ3v) is 4.63. The smallest absolute Gasteiger partial charge is 0.346 e. The van der Waals surface area contributed by atoms with E-state index in [-0.39, 0.29) is 15.8 Å². The zero-order chi connectivity index (χ0) is 17.1. The molecule has 1 aromatic carbocycles. The van der Waals surface area contributed by atoms with E-state index in [9.17, 15) is 9.59 Å². The number of hydrogen-bond acceptors (Lipinski definition) is 6. The molecule has 0 unspecified atom stereocenters. The molecular weight excluding hydrogens is 348 g/mol. The lowest BCUT2D eigenvalue weighted by Crippen LogP contribution is -2.11. The van der Waals surface area contributed by atoms with Crippen molar-refractivity contribution in [3.63, 3.8) is 0 Å². The lowest BCUT2D eigenvalue weighted by molar-refractivity contribution is 0.0702. The van der Waals surface area contributed by atoms with E-state index >= 15 is 0 Å². The highest BCUT2D eigenvalue weighted by molar-refractivity contribution is 7.16. The number of carboxylic acids is 1. The normalized spacial score (nSPS) is 10.4. The van der Waals surface area contributed by atoms with E-state index in [1.165, 1.54) is 17.6 Å². The highest BCUT2D eigenvalue weighted by Gasteiger charge is 2.18. The topological polar surface area (TPSA) is 88.5 Å². The summed E-state index contributed by atoms with van der Waals surface area (Å²) >= 11 is 2.15. The number of thiophene rings is 1. The fraction of sp³-hybridized carbons (Fsp3) is 0.0625. The van der Waals surface area contributed by atoms with E-state index in [2.05, 4.69) is 9.69 Å². The van der Waals surface area contributed by atoms with E-state index in [0.717, 1.165) is 16.9 Å². The third-order valence-electron chi connectivity index (χ3n) is 3.08. The van der Waals surface area contributed by atoms with Crippen LogP contribution < -0.4 is 10.1 Å².